The van der Waals surface area contributed by atoms with Crippen LogP contribution in [0.5, 0.6) is 0 Å². The summed E-state index contributed by atoms with van der Waals surface area (Å²) in [5, 5.41) is 7.50. The molecule has 0 aliphatic carbocycles. The number of halogens is 1. The summed E-state index contributed by atoms with van der Waals surface area (Å²) in [7, 11) is 0. The van der Waals surface area contributed by atoms with Gasteiger partial charge in [0, 0.05) is 6.20 Å². The lowest BCUT2D eigenvalue weighted by atomic mass is 10.4. The van der Waals surface area contributed by atoms with Crippen LogP contribution in [0.1, 0.15) is 5.56 Å². The van der Waals surface area contributed by atoms with E-state index in [1.54, 1.807) is 6.20 Å². The number of hydrogen-bond acceptors (Lipinski definition) is 2. The summed E-state index contributed by atoms with van der Waals surface area (Å²) in [5.41, 5.74) is 1.18. The van der Waals surface area contributed by atoms with Crippen LogP contribution in [0, 0.1) is 10.6 Å². The molecule has 1 aromatic heterocycles. The smallest absolute Gasteiger partial charge is 0.126 e. The summed E-state index contributed by atoms with van der Waals surface area (Å²) >= 11 is 2.15. The number of hydrogen-bond donors (Lipinski definition) is 0. The number of aryl methyl sites for hydroxylation is 1. The predicted molar refractivity (Wildman–Crippen MR) is 39.5 cm³/mol. The van der Waals surface area contributed by atoms with Crippen molar-refractivity contribution in [3.05, 3.63) is 21.5 Å². The van der Waals surface area contributed by atoms with Gasteiger partial charge in [-0.3, -0.25) is 0 Å². The van der Waals surface area contributed by atoms with Crippen molar-refractivity contribution in [3.8, 4) is 0 Å². The largest absolute Gasteiger partial charge is 0.158 e. The van der Waals surface area contributed by atoms with E-state index >= 15 is 0 Å². The molecule has 1 aromatic rings. The van der Waals surface area contributed by atoms with E-state index in [0.717, 1.165) is 3.70 Å². The molecule has 8 heavy (non-hydrogen) atoms. The van der Waals surface area contributed by atoms with Gasteiger partial charge in [0.15, 0.2) is 0 Å². The van der Waals surface area contributed by atoms with Crippen LogP contribution in [-0.2, 0) is 0 Å². The first-order valence-corrected chi connectivity index (χ1v) is 3.32. The first-order valence-electron chi connectivity index (χ1n) is 2.24. The highest BCUT2D eigenvalue weighted by molar-refractivity contribution is 14.1. The third-order valence-electron chi connectivity index (χ3n) is 0.862. The second kappa shape index (κ2) is 2.39. The van der Waals surface area contributed by atoms with Gasteiger partial charge < -0.3 is 0 Å². The Balaban J connectivity index is 3.13. The van der Waals surface area contributed by atoms with Crippen molar-refractivity contribution in [1.82, 2.24) is 10.2 Å². The predicted octanol–water partition coefficient (Wildman–Crippen LogP) is 1.39. The Morgan fingerprint density at radius 3 is 2.75 bits per heavy atom. The van der Waals surface area contributed by atoms with Gasteiger partial charge in [0.05, 0.1) is 0 Å². The molecular formula is C5H5IN2. The van der Waals surface area contributed by atoms with Crippen LogP contribution < -0.4 is 0 Å². The highest BCUT2D eigenvalue weighted by atomic mass is 127. The Bertz CT molecular complexity index is 167. The third kappa shape index (κ3) is 1.15. The van der Waals surface area contributed by atoms with Crippen LogP contribution in [0.2, 0.25) is 0 Å². The molecule has 0 aliphatic rings. The molecule has 1 heterocycles. The minimum atomic E-state index is 0.977. The maximum atomic E-state index is 3.82. The lowest BCUT2D eigenvalue weighted by Gasteiger charge is -1.89. The molecule has 0 bridgehead atoms. The Kier molecular flexibility index (Phi) is 1.77. The van der Waals surface area contributed by atoms with Gasteiger partial charge in [0.2, 0.25) is 0 Å². The van der Waals surface area contributed by atoms with E-state index in [4.69, 9.17) is 0 Å². The average Bonchev–Trinajstić information content (AvgIpc) is 1.77. The Morgan fingerprint density at radius 1 is 1.62 bits per heavy atom. The molecule has 42 valence electrons. The summed E-state index contributed by atoms with van der Waals surface area (Å²) in [4.78, 5) is 0. The molecule has 0 aromatic carbocycles. The summed E-state index contributed by atoms with van der Waals surface area (Å²) in [5.74, 6) is 0. The molecule has 0 saturated carbocycles. The maximum Gasteiger partial charge on any atom is 0.126 e. The Hall–Kier alpha value is -0.190. The number of aromatic nitrogens is 2. The van der Waals surface area contributed by atoms with Crippen molar-refractivity contribution in [2.45, 2.75) is 6.92 Å². The molecule has 0 atom stereocenters. The highest BCUT2D eigenvalue weighted by Gasteiger charge is 1.89. The van der Waals surface area contributed by atoms with Crippen molar-refractivity contribution < 1.29 is 0 Å². The van der Waals surface area contributed by atoms with Gasteiger partial charge in [-0.15, -0.1) is 5.10 Å². The van der Waals surface area contributed by atoms with Gasteiger partial charge in [-0.05, 0) is 41.1 Å². The zero-order valence-electron chi connectivity index (χ0n) is 4.43. The highest BCUT2D eigenvalue weighted by Crippen LogP contribution is 2.02. The van der Waals surface area contributed by atoms with Gasteiger partial charge in [-0.25, -0.2) is 0 Å². The Labute approximate surface area is 61.5 Å². The van der Waals surface area contributed by atoms with Gasteiger partial charge >= 0.3 is 0 Å². The van der Waals surface area contributed by atoms with Crippen LogP contribution in [0.25, 0.3) is 0 Å². The van der Waals surface area contributed by atoms with Gasteiger partial charge in [0.1, 0.15) is 3.70 Å². The molecular weight excluding hydrogens is 215 g/mol. The standard InChI is InChI=1S/C5H5IN2/c1-4-2-3-7-8-5(4)6/h2-3H,1H3. The molecule has 1 rings (SSSR count). The van der Waals surface area contributed by atoms with Crippen LogP contribution >= 0.6 is 22.6 Å². The van der Waals surface area contributed by atoms with Crippen LogP contribution in [0.15, 0.2) is 12.3 Å². The summed E-state index contributed by atoms with van der Waals surface area (Å²) in [6, 6.07) is 1.94. The topological polar surface area (TPSA) is 25.8 Å². The van der Waals surface area contributed by atoms with E-state index in [-0.39, 0.29) is 0 Å². The lowest BCUT2D eigenvalue weighted by Crippen LogP contribution is -1.86. The van der Waals surface area contributed by atoms with E-state index in [1.807, 2.05) is 13.0 Å². The first kappa shape index (κ1) is 5.94. The summed E-state index contributed by atoms with van der Waals surface area (Å²) in [6.07, 6.45) is 1.69. The molecule has 0 fully saturated rings. The van der Waals surface area contributed by atoms with E-state index in [9.17, 15) is 0 Å². The monoisotopic (exact) mass is 220 g/mol. The molecule has 3 heteroatoms. The second-order valence-corrected chi connectivity index (χ2v) is 2.53. The van der Waals surface area contributed by atoms with Gasteiger partial charge in [-0.2, -0.15) is 5.10 Å². The summed E-state index contributed by atoms with van der Waals surface area (Å²) in [6.45, 7) is 2.01. The molecule has 2 nitrogen and oxygen atoms in total. The fourth-order valence-electron chi connectivity index (χ4n) is 0.377. The van der Waals surface area contributed by atoms with Gasteiger partial charge in [0.25, 0.3) is 0 Å². The fraction of sp³-hybridized carbons (Fsp3) is 0.200. The molecule has 0 radical (unpaired) electrons. The van der Waals surface area contributed by atoms with Crippen molar-refractivity contribution in [1.29, 1.82) is 0 Å². The molecule has 0 spiro atoms. The van der Waals surface area contributed by atoms with Crippen LogP contribution in [0.3, 0.4) is 0 Å². The molecule has 0 aliphatic heterocycles. The van der Waals surface area contributed by atoms with E-state index in [0.29, 0.717) is 0 Å². The van der Waals surface area contributed by atoms with Crippen LogP contribution in [0.4, 0.5) is 0 Å². The molecule has 0 N–H and O–H groups in total. The number of rotatable bonds is 0. The normalized spacial score (nSPS) is 9.25. The van der Waals surface area contributed by atoms with Crippen molar-refractivity contribution in [2.24, 2.45) is 0 Å². The second-order valence-electron chi connectivity index (χ2n) is 1.51. The quantitative estimate of drug-likeness (QED) is 0.617. The van der Waals surface area contributed by atoms with E-state index in [1.165, 1.54) is 5.56 Å². The van der Waals surface area contributed by atoms with Crippen molar-refractivity contribution in [2.75, 3.05) is 0 Å². The SMILES string of the molecule is Cc1ccnnc1I. The minimum Gasteiger partial charge on any atom is -0.158 e. The fourth-order valence-corrected chi connectivity index (χ4v) is 0.681. The zero-order chi connectivity index (χ0) is 5.98. The van der Waals surface area contributed by atoms with Gasteiger partial charge in [-0.1, -0.05) is 0 Å². The maximum absolute atomic E-state index is 3.82. The Morgan fingerprint density at radius 2 is 2.38 bits per heavy atom. The lowest BCUT2D eigenvalue weighted by molar-refractivity contribution is 0.983. The zero-order valence-corrected chi connectivity index (χ0v) is 6.58. The van der Waals surface area contributed by atoms with Crippen molar-refractivity contribution in [3.63, 3.8) is 0 Å². The summed E-state index contributed by atoms with van der Waals surface area (Å²) < 4.78 is 0.977. The number of nitrogens with zero attached hydrogens (tertiary/aromatic N) is 2. The minimum absolute atomic E-state index is 0.977. The third-order valence-corrected chi connectivity index (χ3v) is 1.93. The molecule has 0 amide bonds. The van der Waals surface area contributed by atoms with E-state index in [2.05, 4.69) is 32.8 Å². The van der Waals surface area contributed by atoms with Crippen LogP contribution in [-0.4, -0.2) is 10.2 Å². The average molecular weight is 220 g/mol. The van der Waals surface area contributed by atoms with Crippen molar-refractivity contribution >= 4 is 22.6 Å². The first-order chi connectivity index (χ1) is 3.80. The molecule has 0 saturated heterocycles. The van der Waals surface area contributed by atoms with E-state index < -0.39 is 0 Å². The molecule has 0 unspecified atom stereocenters.